The molecule has 8 heteroatoms. The van der Waals surface area contributed by atoms with Crippen molar-refractivity contribution in [2.75, 3.05) is 16.0 Å². The molecule has 0 fully saturated rings. The number of anilines is 4. The van der Waals surface area contributed by atoms with Crippen LogP contribution >= 0.6 is 0 Å². The van der Waals surface area contributed by atoms with Gasteiger partial charge in [-0.25, -0.2) is 8.78 Å². The van der Waals surface area contributed by atoms with Gasteiger partial charge in [0.05, 0.1) is 17.4 Å². The van der Waals surface area contributed by atoms with Crippen LogP contribution in [0.5, 0.6) is 0 Å². The second kappa shape index (κ2) is 8.26. The van der Waals surface area contributed by atoms with Gasteiger partial charge in [0.2, 0.25) is 5.91 Å². The van der Waals surface area contributed by atoms with Gasteiger partial charge >= 0.3 is 0 Å². The number of hydrogen-bond acceptors (Lipinski definition) is 4. The normalized spacial score (nSPS) is 10.2. The van der Waals surface area contributed by atoms with E-state index in [1.165, 1.54) is 31.5 Å². The van der Waals surface area contributed by atoms with E-state index in [2.05, 4.69) is 20.9 Å². The molecule has 0 aliphatic heterocycles. The molecule has 0 aliphatic rings. The number of carbonyl (C=O) groups excluding carboxylic acids is 2. The first-order valence-electron chi connectivity index (χ1n) is 8.27. The molecule has 0 saturated heterocycles. The van der Waals surface area contributed by atoms with Gasteiger partial charge in [-0.1, -0.05) is 6.07 Å². The number of amides is 2. The number of aromatic nitrogens is 1. The Morgan fingerprint density at radius 3 is 2.14 bits per heavy atom. The number of rotatable bonds is 5. The third-order valence-electron chi connectivity index (χ3n) is 3.70. The average Bonchev–Trinajstić information content (AvgIpc) is 2.66. The molecule has 0 spiro atoms. The lowest BCUT2D eigenvalue weighted by atomic mass is 10.2. The summed E-state index contributed by atoms with van der Waals surface area (Å²) in [7, 11) is 0. The summed E-state index contributed by atoms with van der Waals surface area (Å²) in [6.45, 7) is 1.42. The molecule has 0 aliphatic carbocycles. The average molecular weight is 382 g/mol. The standard InChI is InChI=1S/C20H16F2N4O2/c1-12(27)24-14-5-7-15(8-6-14)25-16-9-13(10-23-11-16)20(28)26-19-17(21)3-2-4-18(19)22/h2-11,25H,1H3,(H,24,27)(H,26,28). The van der Waals surface area contributed by atoms with E-state index in [9.17, 15) is 18.4 Å². The van der Waals surface area contributed by atoms with E-state index in [1.54, 1.807) is 24.3 Å². The van der Waals surface area contributed by atoms with Crippen LogP contribution in [0.15, 0.2) is 60.9 Å². The van der Waals surface area contributed by atoms with E-state index < -0.39 is 23.2 Å². The van der Waals surface area contributed by atoms with Crippen molar-refractivity contribution in [3.8, 4) is 0 Å². The Morgan fingerprint density at radius 1 is 0.857 bits per heavy atom. The smallest absolute Gasteiger partial charge is 0.257 e. The maximum absolute atomic E-state index is 13.7. The third-order valence-corrected chi connectivity index (χ3v) is 3.70. The van der Waals surface area contributed by atoms with Crippen LogP contribution in [0, 0.1) is 11.6 Å². The Bertz CT molecular complexity index is 1000. The zero-order valence-corrected chi connectivity index (χ0v) is 14.8. The molecule has 2 aromatic carbocycles. The molecular formula is C20H16F2N4O2. The van der Waals surface area contributed by atoms with E-state index in [1.807, 2.05) is 0 Å². The minimum Gasteiger partial charge on any atom is -0.354 e. The Hall–Kier alpha value is -3.81. The molecule has 3 aromatic rings. The largest absolute Gasteiger partial charge is 0.354 e. The molecule has 142 valence electrons. The Kier molecular flexibility index (Phi) is 5.59. The third kappa shape index (κ3) is 4.67. The van der Waals surface area contributed by atoms with Gasteiger partial charge in [0.25, 0.3) is 5.91 Å². The first-order valence-corrected chi connectivity index (χ1v) is 8.27. The lowest BCUT2D eigenvalue weighted by molar-refractivity contribution is -0.114. The van der Waals surface area contributed by atoms with Crippen LogP contribution < -0.4 is 16.0 Å². The topological polar surface area (TPSA) is 83.1 Å². The molecule has 1 heterocycles. The fourth-order valence-corrected chi connectivity index (χ4v) is 2.44. The van der Waals surface area contributed by atoms with Crippen molar-refractivity contribution in [1.29, 1.82) is 0 Å². The first-order chi connectivity index (χ1) is 13.4. The van der Waals surface area contributed by atoms with E-state index in [-0.39, 0.29) is 11.5 Å². The van der Waals surface area contributed by atoms with E-state index in [0.29, 0.717) is 17.1 Å². The molecule has 0 saturated carbocycles. The highest BCUT2D eigenvalue weighted by molar-refractivity contribution is 6.04. The quantitative estimate of drug-likeness (QED) is 0.614. The number of carbonyl (C=O) groups is 2. The molecule has 0 radical (unpaired) electrons. The van der Waals surface area contributed by atoms with Crippen LogP contribution in [0.2, 0.25) is 0 Å². The lowest BCUT2D eigenvalue weighted by Gasteiger charge is -2.10. The van der Waals surface area contributed by atoms with Crippen LogP contribution in [0.1, 0.15) is 17.3 Å². The molecule has 3 rings (SSSR count). The lowest BCUT2D eigenvalue weighted by Crippen LogP contribution is -2.14. The van der Waals surface area contributed by atoms with Gasteiger partial charge in [-0.2, -0.15) is 0 Å². The summed E-state index contributed by atoms with van der Waals surface area (Å²) in [6, 6.07) is 11.7. The van der Waals surface area contributed by atoms with Gasteiger partial charge in [0.1, 0.15) is 17.3 Å². The van der Waals surface area contributed by atoms with Crippen molar-refractivity contribution in [3.05, 3.63) is 78.1 Å². The second-order valence-corrected chi connectivity index (χ2v) is 5.90. The Balaban J connectivity index is 1.73. The van der Waals surface area contributed by atoms with Gasteiger partial charge in [0.15, 0.2) is 0 Å². The Labute approximate surface area is 159 Å². The number of para-hydroxylation sites is 1. The van der Waals surface area contributed by atoms with Gasteiger partial charge < -0.3 is 16.0 Å². The van der Waals surface area contributed by atoms with E-state index in [0.717, 1.165) is 12.1 Å². The van der Waals surface area contributed by atoms with Crippen molar-refractivity contribution in [3.63, 3.8) is 0 Å². The molecule has 0 unspecified atom stereocenters. The Morgan fingerprint density at radius 2 is 1.50 bits per heavy atom. The number of pyridine rings is 1. The highest BCUT2D eigenvalue weighted by atomic mass is 19.1. The zero-order chi connectivity index (χ0) is 20.1. The number of nitrogens with one attached hydrogen (secondary N) is 3. The van der Waals surface area contributed by atoms with Crippen LogP contribution in [0.25, 0.3) is 0 Å². The van der Waals surface area contributed by atoms with Gasteiger partial charge in [-0.3, -0.25) is 14.6 Å². The maximum atomic E-state index is 13.7. The van der Waals surface area contributed by atoms with Crippen LogP contribution in [0.4, 0.5) is 31.5 Å². The van der Waals surface area contributed by atoms with Gasteiger partial charge in [-0.05, 0) is 42.5 Å². The fraction of sp³-hybridized carbons (Fsp3) is 0.0500. The first kappa shape index (κ1) is 19.0. The minimum atomic E-state index is -0.866. The molecule has 3 N–H and O–H groups in total. The number of hydrogen-bond donors (Lipinski definition) is 3. The van der Waals surface area contributed by atoms with Crippen molar-refractivity contribution in [2.45, 2.75) is 6.92 Å². The summed E-state index contributed by atoms with van der Waals surface area (Å²) in [5.41, 5.74) is 1.47. The predicted octanol–water partition coefficient (Wildman–Crippen LogP) is 4.31. The number of nitrogens with zero attached hydrogens (tertiary/aromatic N) is 1. The van der Waals surface area contributed by atoms with Crippen molar-refractivity contribution in [2.24, 2.45) is 0 Å². The summed E-state index contributed by atoms with van der Waals surface area (Å²) in [5, 5.41) is 7.94. The SMILES string of the molecule is CC(=O)Nc1ccc(Nc2cncc(C(=O)Nc3c(F)cccc3F)c2)cc1. The molecule has 0 atom stereocenters. The highest BCUT2D eigenvalue weighted by Crippen LogP contribution is 2.21. The van der Waals surface area contributed by atoms with Crippen molar-refractivity contribution >= 4 is 34.6 Å². The van der Waals surface area contributed by atoms with Crippen LogP contribution in [-0.2, 0) is 4.79 Å². The summed E-state index contributed by atoms with van der Waals surface area (Å²) >= 11 is 0. The molecule has 6 nitrogen and oxygen atoms in total. The van der Waals surface area contributed by atoms with Gasteiger partial charge in [0, 0.05) is 24.5 Å². The summed E-state index contributed by atoms with van der Waals surface area (Å²) in [6.07, 6.45) is 2.79. The monoisotopic (exact) mass is 382 g/mol. The van der Waals surface area contributed by atoms with E-state index in [4.69, 9.17) is 0 Å². The molecule has 0 bridgehead atoms. The summed E-state index contributed by atoms with van der Waals surface area (Å²) in [5.74, 6) is -2.60. The molecular weight excluding hydrogens is 366 g/mol. The highest BCUT2D eigenvalue weighted by Gasteiger charge is 2.14. The fourth-order valence-electron chi connectivity index (χ4n) is 2.44. The number of benzene rings is 2. The van der Waals surface area contributed by atoms with E-state index >= 15 is 0 Å². The molecule has 2 amide bonds. The van der Waals surface area contributed by atoms with Crippen molar-refractivity contribution in [1.82, 2.24) is 4.98 Å². The van der Waals surface area contributed by atoms with Crippen LogP contribution in [0.3, 0.4) is 0 Å². The zero-order valence-electron chi connectivity index (χ0n) is 14.8. The second-order valence-electron chi connectivity index (χ2n) is 5.90. The molecule has 28 heavy (non-hydrogen) atoms. The predicted molar refractivity (Wildman–Crippen MR) is 103 cm³/mol. The van der Waals surface area contributed by atoms with Crippen LogP contribution in [-0.4, -0.2) is 16.8 Å². The maximum Gasteiger partial charge on any atom is 0.257 e. The number of halogens is 2. The minimum absolute atomic E-state index is 0.127. The molecule has 1 aromatic heterocycles. The summed E-state index contributed by atoms with van der Waals surface area (Å²) < 4.78 is 27.4. The van der Waals surface area contributed by atoms with Gasteiger partial charge in [-0.15, -0.1) is 0 Å². The van der Waals surface area contributed by atoms with Crippen molar-refractivity contribution < 1.29 is 18.4 Å². The summed E-state index contributed by atoms with van der Waals surface area (Å²) in [4.78, 5) is 27.3.